The van der Waals surface area contributed by atoms with E-state index >= 15 is 0 Å². The van der Waals surface area contributed by atoms with Crippen molar-refractivity contribution in [3.63, 3.8) is 0 Å². The summed E-state index contributed by atoms with van der Waals surface area (Å²) in [4.78, 5) is 26.5. The normalized spacial score (nSPS) is 14.6. The predicted molar refractivity (Wildman–Crippen MR) is 109 cm³/mol. The van der Waals surface area contributed by atoms with Gasteiger partial charge in [-0.1, -0.05) is 30.7 Å². The van der Waals surface area contributed by atoms with Crippen LogP contribution in [0.2, 0.25) is 5.02 Å². The Kier molecular flexibility index (Phi) is 6.14. The Morgan fingerprint density at radius 1 is 1.19 bits per heavy atom. The lowest BCUT2D eigenvalue weighted by Gasteiger charge is -2.30. The topological polar surface area (TPSA) is 61.4 Å². The van der Waals surface area contributed by atoms with Crippen molar-refractivity contribution in [1.82, 2.24) is 5.32 Å². The van der Waals surface area contributed by atoms with Gasteiger partial charge in [-0.15, -0.1) is 0 Å². The molecule has 2 aromatic rings. The molecule has 0 fully saturated rings. The van der Waals surface area contributed by atoms with Gasteiger partial charge in [0.15, 0.2) is 0 Å². The lowest BCUT2D eigenvalue weighted by Crippen LogP contribution is -2.34. The number of hydrogen-bond acceptors (Lipinski definition) is 3. The number of aryl methyl sites for hydroxylation is 1. The zero-order chi connectivity index (χ0) is 19.4. The van der Waals surface area contributed by atoms with Gasteiger partial charge in [0.2, 0.25) is 11.8 Å². The number of nitrogens with one attached hydrogen (secondary N) is 2. The van der Waals surface area contributed by atoms with Crippen molar-refractivity contribution < 1.29 is 9.59 Å². The minimum atomic E-state index is -0.117. The molecule has 0 saturated carbocycles. The second kappa shape index (κ2) is 8.55. The summed E-state index contributed by atoms with van der Waals surface area (Å²) in [5.74, 6) is -0.0277. The molecule has 2 amide bonds. The Morgan fingerprint density at radius 2 is 1.93 bits per heavy atom. The second-order valence-electron chi connectivity index (χ2n) is 6.90. The van der Waals surface area contributed by atoms with Crippen LogP contribution in [-0.4, -0.2) is 25.4 Å². The third-order valence-corrected chi connectivity index (χ3v) is 5.01. The molecule has 0 aromatic heterocycles. The van der Waals surface area contributed by atoms with E-state index in [2.05, 4.69) is 10.6 Å². The van der Waals surface area contributed by atoms with Crippen LogP contribution in [0, 0.1) is 5.92 Å². The van der Waals surface area contributed by atoms with Crippen molar-refractivity contribution in [2.45, 2.75) is 26.3 Å². The maximum Gasteiger partial charge on any atom is 0.228 e. The van der Waals surface area contributed by atoms with Crippen LogP contribution in [0.25, 0.3) is 0 Å². The molecule has 2 aromatic carbocycles. The predicted octanol–water partition coefficient (Wildman–Crippen LogP) is 3.61. The summed E-state index contributed by atoms with van der Waals surface area (Å²) in [6, 6.07) is 13.3. The van der Waals surface area contributed by atoms with Crippen molar-refractivity contribution >= 4 is 34.8 Å². The van der Waals surface area contributed by atoms with Crippen LogP contribution in [0.4, 0.5) is 11.4 Å². The number of halogens is 1. The maximum absolute atomic E-state index is 12.5. The molecule has 0 bridgehead atoms. The minimum absolute atomic E-state index is 0.0193. The summed E-state index contributed by atoms with van der Waals surface area (Å²) < 4.78 is 0. The zero-order valence-corrected chi connectivity index (χ0v) is 16.3. The molecule has 142 valence electrons. The standard InChI is InChI=1S/C21H24ClN3O2/c1-14(12-23-2)21(27)24-18-8-9-19-16(11-18)5-10-20(26)25(19)13-15-3-6-17(22)7-4-15/h3-4,6-9,11,14,23H,5,10,12-13H2,1-2H3,(H,24,27). The molecule has 5 nitrogen and oxygen atoms in total. The molecule has 1 heterocycles. The highest BCUT2D eigenvalue weighted by atomic mass is 35.5. The lowest BCUT2D eigenvalue weighted by atomic mass is 9.99. The Bertz CT molecular complexity index is 836. The highest BCUT2D eigenvalue weighted by Gasteiger charge is 2.25. The van der Waals surface area contributed by atoms with E-state index in [4.69, 9.17) is 11.6 Å². The Hall–Kier alpha value is -2.37. The number of fused-ring (bicyclic) bond motifs is 1. The summed E-state index contributed by atoms with van der Waals surface area (Å²) in [5, 5.41) is 6.65. The van der Waals surface area contributed by atoms with Gasteiger partial charge in [0.25, 0.3) is 0 Å². The molecular weight excluding hydrogens is 362 g/mol. The summed E-state index contributed by atoms with van der Waals surface area (Å²) in [6.07, 6.45) is 1.15. The molecule has 27 heavy (non-hydrogen) atoms. The van der Waals surface area contributed by atoms with Crippen LogP contribution < -0.4 is 15.5 Å². The van der Waals surface area contributed by atoms with Gasteiger partial charge >= 0.3 is 0 Å². The highest BCUT2D eigenvalue weighted by Crippen LogP contribution is 2.31. The number of benzene rings is 2. The van der Waals surface area contributed by atoms with E-state index in [-0.39, 0.29) is 17.7 Å². The number of carbonyl (C=O) groups excluding carboxylic acids is 2. The van der Waals surface area contributed by atoms with Crippen LogP contribution in [0.15, 0.2) is 42.5 Å². The fraction of sp³-hybridized carbons (Fsp3) is 0.333. The Balaban J connectivity index is 1.78. The molecule has 3 rings (SSSR count). The fourth-order valence-corrected chi connectivity index (χ4v) is 3.37. The van der Waals surface area contributed by atoms with Crippen LogP contribution in [0.3, 0.4) is 0 Å². The van der Waals surface area contributed by atoms with Gasteiger partial charge in [0.05, 0.1) is 6.54 Å². The molecule has 1 aliphatic heterocycles. The molecule has 0 aliphatic carbocycles. The molecule has 2 N–H and O–H groups in total. The van der Waals surface area contributed by atoms with Gasteiger partial charge in [0, 0.05) is 35.3 Å². The second-order valence-corrected chi connectivity index (χ2v) is 7.33. The summed E-state index contributed by atoms with van der Waals surface area (Å²) in [6.45, 7) is 3.02. The maximum atomic E-state index is 12.5. The van der Waals surface area contributed by atoms with Crippen molar-refractivity contribution in [2.24, 2.45) is 5.92 Å². The van der Waals surface area contributed by atoms with E-state index in [1.807, 2.05) is 56.4 Å². The van der Waals surface area contributed by atoms with Gasteiger partial charge in [-0.2, -0.15) is 0 Å². The van der Waals surface area contributed by atoms with Crippen molar-refractivity contribution in [2.75, 3.05) is 23.8 Å². The average Bonchev–Trinajstić information content (AvgIpc) is 2.66. The smallest absolute Gasteiger partial charge is 0.228 e. The number of amides is 2. The van der Waals surface area contributed by atoms with Gasteiger partial charge < -0.3 is 15.5 Å². The number of nitrogens with zero attached hydrogens (tertiary/aromatic N) is 1. The van der Waals surface area contributed by atoms with Crippen molar-refractivity contribution in [1.29, 1.82) is 0 Å². The van der Waals surface area contributed by atoms with E-state index in [0.717, 1.165) is 22.5 Å². The Morgan fingerprint density at radius 3 is 2.63 bits per heavy atom. The van der Waals surface area contributed by atoms with Crippen LogP contribution in [0.1, 0.15) is 24.5 Å². The number of hydrogen-bond donors (Lipinski definition) is 2. The molecule has 0 spiro atoms. The fourth-order valence-electron chi connectivity index (χ4n) is 3.25. The van der Waals surface area contributed by atoms with E-state index in [1.165, 1.54) is 0 Å². The van der Waals surface area contributed by atoms with E-state index in [1.54, 1.807) is 4.90 Å². The first kappa shape index (κ1) is 19.4. The van der Waals surface area contributed by atoms with E-state index in [0.29, 0.717) is 31.0 Å². The third kappa shape index (κ3) is 4.67. The van der Waals surface area contributed by atoms with E-state index < -0.39 is 0 Å². The summed E-state index contributed by atoms with van der Waals surface area (Å²) in [5.41, 5.74) is 3.77. The largest absolute Gasteiger partial charge is 0.326 e. The first-order valence-corrected chi connectivity index (χ1v) is 9.49. The molecule has 0 radical (unpaired) electrons. The third-order valence-electron chi connectivity index (χ3n) is 4.76. The van der Waals surface area contributed by atoms with Gasteiger partial charge in [0.1, 0.15) is 0 Å². The zero-order valence-electron chi connectivity index (χ0n) is 15.6. The van der Waals surface area contributed by atoms with Crippen LogP contribution in [-0.2, 0) is 22.6 Å². The first-order chi connectivity index (χ1) is 13.0. The quantitative estimate of drug-likeness (QED) is 0.798. The van der Waals surface area contributed by atoms with Crippen molar-refractivity contribution in [3.05, 3.63) is 58.6 Å². The Labute approximate surface area is 164 Å². The summed E-state index contributed by atoms with van der Waals surface area (Å²) >= 11 is 5.95. The highest BCUT2D eigenvalue weighted by molar-refractivity contribution is 6.30. The van der Waals surface area contributed by atoms with E-state index in [9.17, 15) is 9.59 Å². The van der Waals surface area contributed by atoms with Gasteiger partial charge in [-0.05, 0) is 54.9 Å². The number of anilines is 2. The lowest BCUT2D eigenvalue weighted by molar-refractivity contribution is -0.120. The molecule has 1 aliphatic rings. The van der Waals surface area contributed by atoms with Gasteiger partial charge in [-0.3, -0.25) is 9.59 Å². The molecular formula is C21H24ClN3O2. The van der Waals surface area contributed by atoms with Gasteiger partial charge in [-0.25, -0.2) is 0 Å². The molecule has 6 heteroatoms. The monoisotopic (exact) mass is 385 g/mol. The molecule has 1 atom stereocenters. The first-order valence-electron chi connectivity index (χ1n) is 9.11. The van der Waals surface area contributed by atoms with Crippen LogP contribution in [0.5, 0.6) is 0 Å². The molecule has 0 saturated heterocycles. The average molecular weight is 386 g/mol. The number of rotatable bonds is 6. The summed E-state index contributed by atoms with van der Waals surface area (Å²) in [7, 11) is 1.83. The van der Waals surface area contributed by atoms with Crippen LogP contribution >= 0.6 is 11.6 Å². The minimum Gasteiger partial charge on any atom is -0.326 e. The SMILES string of the molecule is CNCC(C)C(=O)Nc1ccc2c(c1)CCC(=O)N2Cc1ccc(Cl)cc1. The number of carbonyl (C=O) groups is 2. The molecule has 1 unspecified atom stereocenters. The van der Waals surface area contributed by atoms with Crippen molar-refractivity contribution in [3.8, 4) is 0 Å².